The molecule has 9 heteroatoms. The molecule has 0 radical (unpaired) electrons. The van der Waals surface area contributed by atoms with Crippen LogP contribution in [0, 0.1) is 16.0 Å². The monoisotopic (exact) mass is 290 g/mol. The molecule has 2 N–H and O–H groups in total. The summed E-state index contributed by atoms with van der Waals surface area (Å²) in [7, 11) is 0. The second-order valence-corrected chi connectivity index (χ2v) is 4.96. The standard InChI is InChI=1S/C12H14N6O3/c19-11(15-5-8-1-2-8)6-13-9-3-4-10-14-7-12(18(20)21)17(10)16-9/h3-4,7-8H,1-2,5-6H2,(H,13,16)(H,15,19). The van der Waals surface area contributed by atoms with Crippen LogP contribution >= 0.6 is 0 Å². The van der Waals surface area contributed by atoms with Crippen LogP contribution in [0.1, 0.15) is 12.8 Å². The van der Waals surface area contributed by atoms with Crippen molar-refractivity contribution in [1.82, 2.24) is 19.9 Å². The van der Waals surface area contributed by atoms with Gasteiger partial charge in [0.05, 0.1) is 6.54 Å². The van der Waals surface area contributed by atoms with Crippen molar-refractivity contribution < 1.29 is 9.72 Å². The van der Waals surface area contributed by atoms with E-state index >= 15 is 0 Å². The second-order valence-electron chi connectivity index (χ2n) is 4.96. The number of carbonyl (C=O) groups excluding carboxylic acids is 1. The molecular formula is C12H14N6O3. The summed E-state index contributed by atoms with van der Waals surface area (Å²) in [6.45, 7) is 0.785. The van der Waals surface area contributed by atoms with Crippen LogP contribution in [0.4, 0.5) is 11.6 Å². The number of hydrogen-bond acceptors (Lipinski definition) is 6. The zero-order valence-electron chi connectivity index (χ0n) is 11.2. The van der Waals surface area contributed by atoms with Crippen LogP contribution in [0.3, 0.4) is 0 Å². The zero-order valence-corrected chi connectivity index (χ0v) is 11.2. The van der Waals surface area contributed by atoms with Gasteiger partial charge in [-0.25, -0.2) is 4.98 Å². The van der Waals surface area contributed by atoms with Gasteiger partial charge >= 0.3 is 5.82 Å². The molecule has 0 atom stereocenters. The van der Waals surface area contributed by atoms with Gasteiger partial charge in [0.1, 0.15) is 6.20 Å². The van der Waals surface area contributed by atoms with E-state index in [4.69, 9.17) is 0 Å². The van der Waals surface area contributed by atoms with Crippen LogP contribution in [-0.4, -0.2) is 38.5 Å². The van der Waals surface area contributed by atoms with Gasteiger partial charge in [0, 0.05) is 12.6 Å². The van der Waals surface area contributed by atoms with Gasteiger partial charge in [0.15, 0.2) is 5.82 Å². The minimum absolute atomic E-state index is 0.0771. The lowest BCUT2D eigenvalue weighted by atomic mass is 10.4. The minimum Gasteiger partial charge on any atom is -0.358 e. The Bertz CT molecular complexity index is 693. The molecule has 1 saturated carbocycles. The van der Waals surface area contributed by atoms with Gasteiger partial charge < -0.3 is 20.7 Å². The first kappa shape index (κ1) is 13.3. The van der Waals surface area contributed by atoms with Gasteiger partial charge in [-0.2, -0.15) is 0 Å². The Morgan fingerprint density at radius 3 is 3.00 bits per heavy atom. The first-order valence-electron chi connectivity index (χ1n) is 6.63. The number of imidazole rings is 1. The lowest BCUT2D eigenvalue weighted by Crippen LogP contribution is -2.31. The number of hydrogen-bond donors (Lipinski definition) is 2. The second kappa shape index (κ2) is 5.35. The molecule has 0 aliphatic heterocycles. The normalized spacial score (nSPS) is 14.1. The van der Waals surface area contributed by atoms with Gasteiger partial charge in [-0.3, -0.25) is 4.79 Å². The van der Waals surface area contributed by atoms with E-state index in [2.05, 4.69) is 20.7 Å². The number of fused-ring (bicyclic) bond motifs is 1. The zero-order chi connectivity index (χ0) is 14.8. The average Bonchev–Trinajstić information content (AvgIpc) is 3.20. The van der Waals surface area contributed by atoms with E-state index < -0.39 is 4.92 Å². The highest BCUT2D eigenvalue weighted by atomic mass is 16.6. The average molecular weight is 290 g/mol. The molecule has 1 amide bonds. The molecule has 0 unspecified atom stereocenters. The van der Waals surface area contributed by atoms with Crippen molar-refractivity contribution >= 4 is 23.2 Å². The lowest BCUT2D eigenvalue weighted by molar-refractivity contribution is -0.391. The predicted molar refractivity (Wildman–Crippen MR) is 73.9 cm³/mol. The van der Waals surface area contributed by atoms with Crippen molar-refractivity contribution in [2.24, 2.45) is 5.92 Å². The molecule has 0 spiro atoms. The first-order chi connectivity index (χ1) is 10.1. The van der Waals surface area contributed by atoms with Gasteiger partial charge in [0.2, 0.25) is 11.6 Å². The van der Waals surface area contributed by atoms with Crippen LogP contribution in [0.5, 0.6) is 0 Å². The van der Waals surface area contributed by atoms with Crippen LogP contribution in [0.15, 0.2) is 18.3 Å². The molecule has 9 nitrogen and oxygen atoms in total. The SMILES string of the molecule is O=C(CNc1ccc2ncc([N+](=O)[O-])n2n1)NCC1CC1. The smallest absolute Gasteiger partial charge is 0.358 e. The number of nitrogens with zero attached hydrogens (tertiary/aromatic N) is 4. The topological polar surface area (TPSA) is 114 Å². The van der Waals surface area contributed by atoms with Crippen molar-refractivity contribution in [1.29, 1.82) is 0 Å². The fraction of sp³-hybridized carbons (Fsp3) is 0.417. The molecule has 3 rings (SSSR count). The molecule has 21 heavy (non-hydrogen) atoms. The largest absolute Gasteiger partial charge is 0.368 e. The maximum absolute atomic E-state index is 11.6. The Hall–Kier alpha value is -2.71. The number of aromatic nitrogens is 3. The van der Waals surface area contributed by atoms with Crippen LogP contribution in [0.25, 0.3) is 5.65 Å². The predicted octanol–water partition coefficient (Wildman–Crippen LogP) is 0.576. The highest BCUT2D eigenvalue weighted by Crippen LogP contribution is 2.27. The van der Waals surface area contributed by atoms with Crippen molar-refractivity contribution in [3.8, 4) is 0 Å². The maximum atomic E-state index is 11.6. The molecule has 2 heterocycles. The third-order valence-corrected chi connectivity index (χ3v) is 3.25. The third-order valence-electron chi connectivity index (χ3n) is 3.25. The Labute approximate surface area is 119 Å². The van der Waals surface area contributed by atoms with E-state index in [1.165, 1.54) is 12.8 Å². The maximum Gasteiger partial charge on any atom is 0.368 e. The molecular weight excluding hydrogens is 276 g/mol. The van der Waals surface area contributed by atoms with Gasteiger partial charge in [0.25, 0.3) is 0 Å². The molecule has 0 saturated heterocycles. The number of carbonyl (C=O) groups is 1. The first-order valence-corrected chi connectivity index (χ1v) is 6.63. The summed E-state index contributed by atoms with van der Waals surface area (Å²) in [5.74, 6) is 0.665. The van der Waals surface area contributed by atoms with Crippen molar-refractivity contribution in [3.05, 3.63) is 28.4 Å². The van der Waals surface area contributed by atoms with Crippen LogP contribution in [0.2, 0.25) is 0 Å². The van der Waals surface area contributed by atoms with Crippen molar-refractivity contribution in [2.45, 2.75) is 12.8 Å². The van der Waals surface area contributed by atoms with E-state index in [0.717, 1.165) is 10.7 Å². The highest BCUT2D eigenvalue weighted by Gasteiger charge is 2.21. The fourth-order valence-electron chi connectivity index (χ4n) is 1.89. The lowest BCUT2D eigenvalue weighted by Gasteiger charge is -2.05. The quantitative estimate of drug-likeness (QED) is 0.594. The molecule has 0 bridgehead atoms. The minimum atomic E-state index is -0.556. The summed E-state index contributed by atoms with van der Waals surface area (Å²) >= 11 is 0. The van der Waals surface area contributed by atoms with E-state index in [-0.39, 0.29) is 18.3 Å². The van der Waals surface area contributed by atoms with Crippen LogP contribution < -0.4 is 10.6 Å². The van der Waals surface area contributed by atoms with Gasteiger partial charge in [-0.05, 0) is 29.7 Å². The highest BCUT2D eigenvalue weighted by molar-refractivity contribution is 5.80. The van der Waals surface area contributed by atoms with Crippen molar-refractivity contribution in [2.75, 3.05) is 18.4 Å². The molecule has 2 aromatic rings. The Morgan fingerprint density at radius 1 is 1.48 bits per heavy atom. The number of amides is 1. The molecule has 0 aromatic carbocycles. The summed E-state index contributed by atoms with van der Waals surface area (Å²) in [6, 6.07) is 3.23. The molecule has 1 aliphatic rings. The molecule has 110 valence electrons. The third kappa shape index (κ3) is 3.07. The summed E-state index contributed by atoms with van der Waals surface area (Å²) in [5, 5.41) is 20.5. The summed E-state index contributed by atoms with van der Waals surface area (Å²) < 4.78 is 1.13. The van der Waals surface area contributed by atoms with Gasteiger partial charge in [-0.15, -0.1) is 0 Å². The van der Waals surface area contributed by atoms with Crippen LogP contribution in [-0.2, 0) is 4.79 Å². The molecule has 2 aromatic heterocycles. The number of nitrogens with one attached hydrogen (secondary N) is 2. The Kier molecular flexibility index (Phi) is 3.38. The Morgan fingerprint density at radius 2 is 2.29 bits per heavy atom. The van der Waals surface area contributed by atoms with Crippen molar-refractivity contribution in [3.63, 3.8) is 0 Å². The number of rotatable bonds is 6. The Balaban J connectivity index is 1.64. The number of anilines is 1. The summed E-state index contributed by atoms with van der Waals surface area (Å²) in [4.78, 5) is 25.8. The number of nitro groups is 1. The van der Waals surface area contributed by atoms with E-state index in [9.17, 15) is 14.9 Å². The fourth-order valence-corrected chi connectivity index (χ4v) is 1.89. The van der Waals surface area contributed by atoms with E-state index in [0.29, 0.717) is 23.9 Å². The molecule has 1 fully saturated rings. The summed E-state index contributed by atoms with van der Waals surface area (Å²) in [6.07, 6.45) is 3.50. The van der Waals surface area contributed by atoms with Gasteiger partial charge in [-0.1, -0.05) is 9.61 Å². The van der Waals surface area contributed by atoms with E-state index in [1.807, 2.05) is 0 Å². The van der Waals surface area contributed by atoms with E-state index in [1.54, 1.807) is 12.1 Å². The molecule has 1 aliphatic carbocycles. The summed E-state index contributed by atoms with van der Waals surface area (Å²) in [5.41, 5.74) is 0.380.